The first kappa shape index (κ1) is 6.67. The molecule has 3 N–H and O–H groups in total. The standard InChI is InChI=1S/C7H11N3O/c1-10-7(11)4-2-3-5(8)6(4)9-10/h5,9H,2-3,8H2,1H3. The molecule has 0 spiro atoms. The molecule has 4 nitrogen and oxygen atoms in total. The quantitative estimate of drug-likeness (QED) is 0.535. The van der Waals surface area contributed by atoms with E-state index in [4.69, 9.17) is 5.73 Å². The highest BCUT2D eigenvalue weighted by atomic mass is 16.1. The van der Waals surface area contributed by atoms with E-state index in [9.17, 15) is 4.79 Å². The summed E-state index contributed by atoms with van der Waals surface area (Å²) in [5.41, 5.74) is 7.63. The molecule has 0 radical (unpaired) electrons. The number of hydrogen-bond acceptors (Lipinski definition) is 2. The smallest absolute Gasteiger partial charge is 0.269 e. The Hall–Kier alpha value is -1.03. The number of fused-ring (bicyclic) bond motifs is 1. The second kappa shape index (κ2) is 1.98. The molecule has 0 aliphatic heterocycles. The number of rotatable bonds is 0. The van der Waals surface area contributed by atoms with Crippen LogP contribution < -0.4 is 11.3 Å². The number of nitrogens with zero attached hydrogens (tertiary/aromatic N) is 1. The molecule has 0 fully saturated rings. The third-order valence-corrected chi connectivity index (χ3v) is 2.25. The Morgan fingerprint density at radius 1 is 1.73 bits per heavy atom. The second-order valence-corrected chi connectivity index (χ2v) is 3.01. The van der Waals surface area contributed by atoms with Crippen LogP contribution in [0.5, 0.6) is 0 Å². The minimum Gasteiger partial charge on any atom is -0.323 e. The van der Waals surface area contributed by atoms with Gasteiger partial charge in [0.1, 0.15) is 0 Å². The van der Waals surface area contributed by atoms with Gasteiger partial charge in [-0.25, -0.2) is 0 Å². The molecule has 1 aromatic rings. The van der Waals surface area contributed by atoms with Gasteiger partial charge in [0.25, 0.3) is 5.56 Å². The first-order valence-corrected chi connectivity index (χ1v) is 3.73. The summed E-state index contributed by atoms with van der Waals surface area (Å²) in [7, 11) is 1.72. The molecule has 1 aliphatic rings. The Morgan fingerprint density at radius 3 is 3.09 bits per heavy atom. The van der Waals surface area contributed by atoms with Crippen molar-refractivity contribution in [3.63, 3.8) is 0 Å². The molecule has 0 saturated carbocycles. The van der Waals surface area contributed by atoms with Crippen molar-refractivity contribution in [1.29, 1.82) is 0 Å². The van der Waals surface area contributed by atoms with Crippen LogP contribution in [0.15, 0.2) is 4.79 Å². The Morgan fingerprint density at radius 2 is 2.45 bits per heavy atom. The molecule has 0 aromatic carbocycles. The van der Waals surface area contributed by atoms with Gasteiger partial charge in [-0.05, 0) is 12.8 Å². The summed E-state index contributed by atoms with van der Waals surface area (Å²) in [4.78, 5) is 11.3. The summed E-state index contributed by atoms with van der Waals surface area (Å²) in [5.74, 6) is 0. The summed E-state index contributed by atoms with van der Waals surface area (Å²) >= 11 is 0. The Labute approximate surface area is 64.0 Å². The van der Waals surface area contributed by atoms with Gasteiger partial charge in [0.05, 0.1) is 5.69 Å². The van der Waals surface area contributed by atoms with Crippen molar-refractivity contribution in [2.24, 2.45) is 12.8 Å². The fourth-order valence-electron chi connectivity index (χ4n) is 1.61. The van der Waals surface area contributed by atoms with E-state index in [1.165, 1.54) is 4.68 Å². The summed E-state index contributed by atoms with van der Waals surface area (Å²) in [5, 5.41) is 2.95. The predicted molar refractivity (Wildman–Crippen MR) is 41.3 cm³/mol. The Kier molecular flexibility index (Phi) is 1.20. The topological polar surface area (TPSA) is 63.8 Å². The number of H-pyrrole nitrogens is 1. The minimum absolute atomic E-state index is 0.0406. The van der Waals surface area contributed by atoms with Gasteiger partial charge in [0.15, 0.2) is 0 Å². The minimum atomic E-state index is 0.0406. The molecule has 1 unspecified atom stereocenters. The predicted octanol–water partition coefficient (Wildman–Crippen LogP) is -0.341. The van der Waals surface area contributed by atoms with Gasteiger partial charge in [-0.2, -0.15) is 0 Å². The lowest BCUT2D eigenvalue weighted by molar-refractivity contribution is 0.637. The molecular formula is C7H11N3O. The summed E-state index contributed by atoms with van der Waals surface area (Å²) in [6.07, 6.45) is 1.73. The average molecular weight is 153 g/mol. The lowest BCUT2D eigenvalue weighted by Gasteiger charge is -1.99. The number of aromatic amines is 1. The molecule has 1 atom stereocenters. The van der Waals surface area contributed by atoms with Crippen molar-refractivity contribution >= 4 is 0 Å². The van der Waals surface area contributed by atoms with Gasteiger partial charge in [-0.3, -0.25) is 14.6 Å². The van der Waals surface area contributed by atoms with E-state index in [0.29, 0.717) is 0 Å². The Balaban J connectivity index is 2.66. The van der Waals surface area contributed by atoms with E-state index in [1.807, 2.05) is 0 Å². The number of aromatic nitrogens is 2. The zero-order chi connectivity index (χ0) is 8.01. The van der Waals surface area contributed by atoms with Crippen molar-refractivity contribution < 1.29 is 0 Å². The third kappa shape index (κ3) is 0.758. The van der Waals surface area contributed by atoms with Gasteiger partial charge in [0, 0.05) is 18.7 Å². The van der Waals surface area contributed by atoms with E-state index >= 15 is 0 Å². The lowest BCUT2D eigenvalue weighted by Crippen LogP contribution is -2.15. The van der Waals surface area contributed by atoms with Crippen LogP contribution in [0.4, 0.5) is 0 Å². The zero-order valence-electron chi connectivity index (χ0n) is 6.42. The van der Waals surface area contributed by atoms with Crippen LogP contribution in [-0.2, 0) is 13.5 Å². The summed E-state index contributed by atoms with van der Waals surface area (Å²) in [6.45, 7) is 0. The molecule has 1 heterocycles. The summed E-state index contributed by atoms with van der Waals surface area (Å²) < 4.78 is 1.49. The van der Waals surface area contributed by atoms with Crippen molar-refractivity contribution in [3.05, 3.63) is 21.6 Å². The van der Waals surface area contributed by atoms with Crippen LogP contribution in [-0.4, -0.2) is 9.78 Å². The highest BCUT2D eigenvalue weighted by molar-refractivity contribution is 5.25. The number of nitrogens with one attached hydrogen (secondary N) is 1. The molecule has 1 aromatic heterocycles. The normalized spacial score (nSPS) is 22.2. The van der Waals surface area contributed by atoms with Crippen molar-refractivity contribution in [2.45, 2.75) is 18.9 Å². The molecule has 4 heteroatoms. The Bertz CT molecular complexity index is 336. The summed E-state index contributed by atoms with van der Waals surface area (Å²) in [6, 6.07) is 0.0406. The maximum Gasteiger partial charge on any atom is 0.269 e. The second-order valence-electron chi connectivity index (χ2n) is 3.01. The van der Waals surface area contributed by atoms with E-state index in [1.54, 1.807) is 7.05 Å². The lowest BCUT2D eigenvalue weighted by atomic mass is 10.3. The van der Waals surface area contributed by atoms with E-state index < -0.39 is 0 Å². The van der Waals surface area contributed by atoms with Crippen molar-refractivity contribution in [3.8, 4) is 0 Å². The zero-order valence-corrected chi connectivity index (χ0v) is 6.42. The maximum absolute atomic E-state index is 11.3. The molecule has 11 heavy (non-hydrogen) atoms. The molecule has 60 valence electrons. The van der Waals surface area contributed by atoms with E-state index in [2.05, 4.69) is 5.10 Å². The van der Waals surface area contributed by atoms with E-state index in [0.717, 1.165) is 24.1 Å². The molecule has 0 saturated heterocycles. The van der Waals surface area contributed by atoms with Crippen molar-refractivity contribution in [1.82, 2.24) is 9.78 Å². The van der Waals surface area contributed by atoms with Gasteiger partial charge >= 0.3 is 0 Å². The van der Waals surface area contributed by atoms with Crippen LogP contribution in [0.25, 0.3) is 0 Å². The SMILES string of the molecule is Cn1[nH]c2c(c1=O)CCC2N. The molecule has 1 aliphatic carbocycles. The highest BCUT2D eigenvalue weighted by Gasteiger charge is 2.24. The molecular weight excluding hydrogens is 142 g/mol. The molecule has 0 bridgehead atoms. The van der Waals surface area contributed by atoms with Crippen LogP contribution in [0, 0.1) is 0 Å². The first-order valence-electron chi connectivity index (χ1n) is 3.73. The molecule has 0 amide bonds. The number of nitrogens with two attached hydrogens (primary N) is 1. The largest absolute Gasteiger partial charge is 0.323 e. The maximum atomic E-state index is 11.3. The van der Waals surface area contributed by atoms with Gasteiger partial charge < -0.3 is 5.73 Å². The van der Waals surface area contributed by atoms with Crippen LogP contribution in [0.1, 0.15) is 23.7 Å². The van der Waals surface area contributed by atoms with Gasteiger partial charge in [0.2, 0.25) is 0 Å². The van der Waals surface area contributed by atoms with Gasteiger partial charge in [-0.1, -0.05) is 0 Å². The first-order chi connectivity index (χ1) is 5.20. The van der Waals surface area contributed by atoms with Crippen LogP contribution in [0.3, 0.4) is 0 Å². The van der Waals surface area contributed by atoms with Crippen LogP contribution >= 0.6 is 0 Å². The number of hydrogen-bond donors (Lipinski definition) is 2. The monoisotopic (exact) mass is 153 g/mol. The fourth-order valence-corrected chi connectivity index (χ4v) is 1.61. The highest BCUT2D eigenvalue weighted by Crippen LogP contribution is 2.24. The molecule has 2 rings (SSSR count). The average Bonchev–Trinajstić information content (AvgIpc) is 2.43. The van der Waals surface area contributed by atoms with Crippen molar-refractivity contribution in [2.75, 3.05) is 0 Å². The van der Waals surface area contributed by atoms with Crippen LogP contribution in [0.2, 0.25) is 0 Å². The van der Waals surface area contributed by atoms with Gasteiger partial charge in [-0.15, -0.1) is 0 Å². The third-order valence-electron chi connectivity index (χ3n) is 2.25. The number of aryl methyl sites for hydroxylation is 1. The fraction of sp³-hybridized carbons (Fsp3) is 0.571. The van der Waals surface area contributed by atoms with E-state index in [-0.39, 0.29) is 11.6 Å².